The fourth-order valence-electron chi connectivity index (χ4n) is 2.10. The first-order chi connectivity index (χ1) is 11.2. The smallest absolute Gasteiger partial charge is 0.308 e. The third-order valence-electron chi connectivity index (χ3n) is 3.16. The Bertz CT molecular complexity index is 687. The Balaban J connectivity index is 2.11. The van der Waals surface area contributed by atoms with E-state index in [1.807, 2.05) is 39.8 Å². The molecule has 0 saturated heterocycles. The van der Waals surface area contributed by atoms with Crippen LogP contribution in [-0.2, 0) is 20.5 Å². The molecule has 0 aliphatic carbocycles. The predicted octanol–water partition coefficient (Wildman–Crippen LogP) is 3.67. The number of esters is 1. The van der Waals surface area contributed by atoms with Crippen molar-refractivity contribution in [1.29, 1.82) is 0 Å². The molecular weight excluding hydrogens is 326 g/mol. The van der Waals surface area contributed by atoms with Crippen molar-refractivity contribution in [2.45, 2.75) is 50.7 Å². The molecule has 1 aromatic carbocycles. The zero-order valence-corrected chi connectivity index (χ0v) is 15.2. The van der Waals surface area contributed by atoms with E-state index < -0.39 is 22.6 Å². The summed E-state index contributed by atoms with van der Waals surface area (Å²) in [4.78, 5) is 12.8. The van der Waals surface area contributed by atoms with Crippen LogP contribution in [0.4, 0.5) is 0 Å². The van der Waals surface area contributed by atoms with Gasteiger partial charge in [0, 0.05) is 0 Å². The van der Waals surface area contributed by atoms with Crippen LogP contribution in [0.3, 0.4) is 0 Å². The highest BCUT2D eigenvalue weighted by Gasteiger charge is 2.25. The van der Waals surface area contributed by atoms with E-state index in [0.29, 0.717) is 10.7 Å². The molecule has 2 unspecified atom stereocenters. The first kappa shape index (κ1) is 18.4. The van der Waals surface area contributed by atoms with Crippen LogP contribution in [0.25, 0.3) is 0 Å². The predicted molar refractivity (Wildman–Crippen MR) is 92.6 cm³/mol. The van der Waals surface area contributed by atoms with Crippen molar-refractivity contribution < 1.29 is 18.2 Å². The van der Waals surface area contributed by atoms with E-state index in [0.717, 1.165) is 5.56 Å². The first-order valence-corrected chi connectivity index (χ1v) is 8.89. The van der Waals surface area contributed by atoms with Gasteiger partial charge >= 0.3 is 5.97 Å². The van der Waals surface area contributed by atoms with E-state index in [9.17, 15) is 9.00 Å². The molecule has 0 radical (unpaired) electrons. The van der Waals surface area contributed by atoms with E-state index in [1.165, 1.54) is 6.26 Å². The topological polar surface area (TPSA) is 68.5 Å². The van der Waals surface area contributed by atoms with E-state index >= 15 is 0 Å². The number of aryl methyl sites for hydroxylation is 1. The second kappa shape index (κ2) is 7.77. The Morgan fingerprint density at radius 3 is 2.46 bits per heavy atom. The molecule has 1 aromatic heterocycles. The SMILES string of the molecule is Cc1ccc(S(=O)NC(CC(=O)OC(C)(C)C)c2ccco2)cc1. The van der Waals surface area contributed by atoms with Gasteiger partial charge in [0.15, 0.2) is 0 Å². The highest BCUT2D eigenvalue weighted by atomic mass is 32.2. The van der Waals surface area contributed by atoms with Gasteiger partial charge in [-0.2, -0.15) is 0 Å². The van der Waals surface area contributed by atoms with Gasteiger partial charge in [-0.15, -0.1) is 0 Å². The number of hydrogen-bond acceptors (Lipinski definition) is 4. The zero-order valence-electron chi connectivity index (χ0n) is 14.4. The molecule has 130 valence electrons. The number of nitrogens with one attached hydrogen (secondary N) is 1. The molecule has 0 spiro atoms. The standard InChI is InChI=1S/C18H23NO4S/c1-13-7-9-14(10-8-13)24(21)19-15(16-6-5-11-22-16)12-17(20)23-18(2,3)4/h5-11,15,19H,12H2,1-4H3. The maximum absolute atomic E-state index is 12.5. The fourth-order valence-corrected chi connectivity index (χ4v) is 3.08. The average molecular weight is 349 g/mol. The molecular formula is C18H23NO4S. The van der Waals surface area contributed by atoms with Crippen molar-refractivity contribution in [3.63, 3.8) is 0 Å². The summed E-state index contributed by atoms with van der Waals surface area (Å²) in [6, 6.07) is 10.3. The molecule has 6 heteroatoms. The van der Waals surface area contributed by atoms with Gasteiger partial charge in [0.05, 0.1) is 23.6 Å². The van der Waals surface area contributed by atoms with Crippen LogP contribution in [0.2, 0.25) is 0 Å². The summed E-state index contributed by atoms with van der Waals surface area (Å²) in [5, 5.41) is 0. The van der Waals surface area contributed by atoms with E-state index in [-0.39, 0.29) is 12.4 Å². The Kier molecular flexibility index (Phi) is 5.96. The molecule has 0 aliphatic heterocycles. The van der Waals surface area contributed by atoms with Crippen LogP contribution in [0.15, 0.2) is 52.0 Å². The van der Waals surface area contributed by atoms with Gasteiger partial charge in [0.25, 0.3) is 0 Å². The summed E-state index contributed by atoms with van der Waals surface area (Å²) in [7, 11) is -1.46. The number of furan rings is 1. The molecule has 5 nitrogen and oxygen atoms in total. The van der Waals surface area contributed by atoms with Crippen LogP contribution in [0, 0.1) is 6.92 Å². The number of ether oxygens (including phenoxy) is 1. The molecule has 2 atom stereocenters. The molecule has 0 fully saturated rings. The quantitative estimate of drug-likeness (QED) is 0.808. The van der Waals surface area contributed by atoms with Crippen molar-refractivity contribution in [2.75, 3.05) is 0 Å². The molecule has 1 N–H and O–H groups in total. The summed E-state index contributed by atoms with van der Waals surface area (Å²) in [6.07, 6.45) is 1.55. The number of hydrogen-bond donors (Lipinski definition) is 1. The Labute approximate surface area is 145 Å². The number of rotatable bonds is 6. The monoisotopic (exact) mass is 349 g/mol. The largest absolute Gasteiger partial charge is 0.468 e. The first-order valence-electron chi connectivity index (χ1n) is 7.74. The van der Waals surface area contributed by atoms with Crippen LogP contribution in [0.1, 0.15) is 44.6 Å². The van der Waals surface area contributed by atoms with Gasteiger partial charge in [-0.1, -0.05) is 17.7 Å². The summed E-state index contributed by atoms with van der Waals surface area (Å²) in [5.74, 6) is 0.165. The lowest BCUT2D eigenvalue weighted by Crippen LogP contribution is -2.30. The highest BCUT2D eigenvalue weighted by Crippen LogP contribution is 2.21. The second-order valence-electron chi connectivity index (χ2n) is 6.56. The lowest BCUT2D eigenvalue weighted by atomic mass is 10.1. The third-order valence-corrected chi connectivity index (χ3v) is 4.36. The Hall–Kier alpha value is -1.92. The van der Waals surface area contributed by atoms with Crippen LogP contribution < -0.4 is 4.72 Å². The number of carbonyl (C=O) groups excluding carboxylic acids is 1. The molecule has 1 heterocycles. The molecule has 24 heavy (non-hydrogen) atoms. The van der Waals surface area contributed by atoms with E-state index in [2.05, 4.69) is 4.72 Å². The van der Waals surface area contributed by atoms with Crippen LogP contribution in [-0.4, -0.2) is 15.8 Å². The molecule has 0 saturated carbocycles. The molecule has 0 amide bonds. The minimum absolute atomic E-state index is 0.0301. The van der Waals surface area contributed by atoms with E-state index in [4.69, 9.17) is 9.15 Å². The highest BCUT2D eigenvalue weighted by molar-refractivity contribution is 7.83. The van der Waals surface area contributed by atoms with E-state index in [1.54, 1.807) is 24.3 Å². The minimum Gasteiger partial charge on any atom is -0.468 e. The van der Waals surface area contributed by atoms with Gasteiger partial charge in [-0.3, -0.25) is 4.79 Å². The van der Waals surface area contributed by atoms with Gasteiger partial charge in [0.2, 0.25) is 0 Å². The summed E-state index contributed by atoms with van der Waals surface area (Å²) in [5.41, 5.74) is 0.521. The number of benzene rings is 1. The third kappa shape index (κ3) is 5.62. The second-order valence-corrected chi connectivity index (χ2v) is 7.80. The summed E-state index contributed by atoms with van der Waals surface area (Å²) in [6.45, 7) is 7.40. The van der Waals surface area contributed by atoms with Crippen molar-refractivity contribution in [3.8, 4) is 0 Å². The van der Waals surface area contributed by atoms with Crippen molar-refractivity contribution >= 4 is 17.0 Å². The van der Waals surface area contributed by atoms with Gasteiger partial charge in [-0.05, 0) is 52.0 Å². The maximum Gasteiger partial charge on any atom is 0.308 e. The maximum atomic E-state index is 12.5. The van der Waals surface area contributed by atoms with Crippen molar-refractivity contribution in [2.24, 2.45) is 0 Å². The Morgan fingerprint density at radius 2 is 1.92 bits per heavy atom. The van der Waals surface area contributed by atoms with Gasteiger partial charge in [0.1, 0.15) is 22.3 Å². The molecule has 0 bridgehead atoms. The fraction of sp³-hybridized carbons (Fsp3) is 0.389. The Morgan fingerprint density at radius 1 is 1.25 bits per heavy atom. The average Bonchev–Trinajstić information content (AvgIpc) is 2.99. The summed E-state index contributed by atoms with van der Waals surface area (Å²) >= 11 is 0. The van der Waals surface area contributed by atoms with Crippen molar-refractivity contribution in [3.05, 3.63) is 54.0 Å². The normalized spacial score (nSPS) is 14.2. The van der Waals surface area contributed by atoms with Gasteiger partial charge in [-0.25, -0.2) is 8.93 Å². The molecule has 2 rings (SSSR count). The van der Waals surface area contributed by atoms with Crippen LogP contribution >= 0.6 is 0 Å². The van der Waals surface area contributed by atoms with Crippen LogP contribution in [0.5, 0.6) is 0 Å². The van der Waals surface area contributed by atoms with Gasteiger partial charge < -0.3 is 9.15 Å². The van der Waals surface area contributed by atoms with Crippen molar-refractivity contribution in [1.82, 2.24) is 4.72 Å². The lowest BCUT2D eigenvalue weighted by molar-refractivity contribution is -0.155. The summed E-state index contributed by atoms with van der Waals surface area (Å²) < 4.78 is 26.2. The number of carbonyl (C=O) groups is 1. The lowest BCUT2D eigenvalue weighted by Gasteiger charge is -2.22. The molecule has 0 aliphatic rings. The zero-order chi connectivity index (χ0) is 17.7. The minimum atomic E-state index is -1.46. The molecule has 2 aromatic rings.